The van der Waals surface area contributed by atoms with E-state index in [1.165, 1.54) is 4.90 Å². The minimum atomic E-state index is -0.501. The topological polar surface area (TPSA) is 49.4 Å². The predicted octanol–water partition coefficient (Wildman–Crippen LogP) is 0.265. The van der Waals surface area contributed by atoms with Crippen LogP contribution in [0.25, 0.3) is 0 Å². The highest BCUT2D eigenvalue weighted by molar-refractivity contribution is 6.57. The van der Waals surface area contributed by atoms with E-state index >= 15 is 0 Å². The average Bonchev–Trinajstić information content (AvgIpc) is 2.62. The number of rotatable bonds is 3. The molecule has 0 aromatic rings. The van der Waals surface area contributed by atoms with Crippen molar-refractivity contribution in [3.63, 3.8) is 0 Å². The minimum Gasteiger partial charge on any atom is -0.354 e. The lowest BCUT2D eigenvalue weighted by atomic mass is 10.1. The van der Waals surface area contributed by atoms with Gasteiger partial charge in [-0.25, -0.2) is 0 Å². The molecular weight excluding hydrogens is 179 g/mol. The third-order valence-electron chi connectivity index (χ3n) is 2.39. The van der Waals surface area contributed by atoms with Crippen LogP contribution in [0.3, 0.4) is 0 Å². The first-order valence-electron chi connectivity index (χ1n) is 5.00. The molecule has 1 N–H and O–H groups in total. The third kappa shape index (κ3) is 2.50. The highest BCUT2D eigenvalue weighted by Gasteiger charge is 2.31. The van der Waals surface area contributed by atoms with Gasteiger partial charge in [-0.05, 0) is 19.3 Å². The van der Waals surface area contributed by atoms with Crippen LogP contribution >= 0.6 is 0 Å². The number of carbonyl (C=O) groups is 2. The first kappa shape index (κ1) is 11.1. The summed E-state index contributed by atoms with van der Waals surface area (Å²) in [5.41, 5.74) is 0. The molecule has 2 radical (unpaired) electrons. The van der Waals surface area contributed by atoms with E-state index in [1.54, 1.807) is 0 Å². The van der Waals surface area contributed by atoms with Crippen LogP contribution in [0.1, 0.15) is 26.2 Å². The van der Waals surface area contributed by atoms with Gasteiger partial charge in [0, 0.05) is 13.1 Å². The maximum Gasteiger partial charge on any atom is 0.242 e. The van der Waals surface area contributed by atoms with Crippen LogP contribution < -0.4 is 5.32 Å². The Labute approximate surface area is 85.4 Å². The molecule has 0 saturated carbocycles. The molecule has 1 heterocycles. The summed E-state index contributed by atoms with van der Waals surface area (Å²) in [5.74, 6) is -0.581. The second kappa shape index (κ2) is 5.03. The van der Waals surface area contributed by atoms with Crippen molar-refractivity contribution < 1.29 is 9.59 Å². The van der Waals surface area contributed by atoms with Gasteiger partial charge < -0.3 is 10.2 Å². The second-order valence-corrected chi connectivity index (χ2v) is 3.48. The van der Waals surface area contributed by atoms with Crippen LogP contribution in [0.2, 0.25) is 0 Å². The van der Waals surface area contributed by atoms with Gasteiger partial charge in [0.25, 0.3) is 0 Å². The van der Waals surface area contributed by atoms with E-state index in [9.17, 15) is 9.59 Å². The molecule has 1 atom stereocenters. The van der Waals surface area contributed by atoms with Crippen molar-refractivity contribution in [1.29, 1.82) is 0 Å². The minimum absolute atomic E-state index is 0.0804. The number of amides is 2. The van der Waals surface area contributed by atoms with E-state index in [0.29, 0.717) is 13.1 Å². The molecular formula is C9H15BN2O2. The summed E-state index contributed by atoms with van der Waals surface area (Å²) in [4.78, 5) is 24.0. The zero-order chi connectivity index (χ0) is 10.6. The van der Waals surface area contributed by atoms with Crippen molar-refractivity contribution in [3.8, 4) is 0 Å². The Kier molecular flexibility index (Phi) is 3.98. The van der Waals surface area contributed by atoms with Crippen molar-refractivity contribution in [2.75, 3.05) is 13.1 Å². The maximum absolute atomic E-state index is 11.6. The summed E-state index contributed by atoms with van der Waals surface area (Å²) in [6.07, 6.45) is 2.47. The van der Waals surface area contributed by atoms with E-state index in [0.717, 1.165) is 19.3 Å². The Morgan fingerprint density at radius 2 is 2.29 bits per heavy atom. The molecule has 1 unspecified atom stereocenters. The van der Waals surface area contributed by atoms with E-state index in [2.05, 4.69) is 5.32 Å². The fraction of sp³-hybridized carbons (Fsp3) is 0.778. The molecule has 1 fully saturated rings. The van der Waals surface area contributed by atoms with Crippen LogP contribution in [-0.4, -0.2) is 43.6 Å². The van der Waals surface area contributed by atoms with Crippen molar-refractivity contribution in [2.24, 2.45) is 0 Å². The smallest absolute Gasteiger partial charge is 0.242 e. The molecule has 0 bridgehead atoms. The van der Waals surface area contributed by atoms with E-state index < -0.39 is 5.81 Å². The average molecular weight is 194 g/mol. The van der Waals surface area contributed by atoms with Crippen molar-refractivity contribution >= 4 is 19.6 Å². The molecule has 1 saturated heterocycles. The normalized spacial score (nSPS) is 20.9. The molecule has 14 heavy (non-hydrogen) atoms. The van der Waals surface area contributed by atoms with Gasteiger partial charge in [0.2, 0.25) is 13.8 Å². The molecule has 5 heteroatoms. The lowest BCUT2D eigenvalue weighted by molar-refractivity contribution is -0.124. The molecule has 76 valence electrons. The molecule has 4 nitrogen and oxygen atoms in total. The lowest BCUT2D eigenvalue weighted by Crippen LogP contribution is -2.45. The van der Waals surface area contributed by atoms with Gasteiger partial charge >= 0.3 is 0 Å². The first-order chi connectivity index (χ1) is 6.66. The number of nitrogens with one attached hydrogen (secondary N) is 1. The number of hydrogen-bond donors (Lipinski definition) is 1. The maximum atomic E-state index is 11.6. The Morgan fingerprint density at radius 3 is 2.86 bits per heavy atom. The van der Waals surface area contributed by atoms with Gasteiger partial charge in [0.15, 0.2) is 5.81 Å². The zero-order valence-electron chi connectivity index (χ0n) is 8.45. The fourth-order valence-corrected chi connectivity index (χ4v) is 1.67. The lowest BCUT2D eigenvalue weighted by Gasteiger charge is -2.22. The summed E-state index contributed by atoms with van der Waals surface area (Å²) in [5, 5.41) is 2.77. The van der Waals surface area contributed by atoms with Crippen LogP contribution in [0.4, 0.5) is 4.79 Å². The fourth-order valence-electron chi connectivity index (χ4n) is 1.67. The van der Waals surface area contributed by atoms with E-state index in [-0.39, 0.29) is 11.9 Å². The molecule has 0 spiro atoms. The van der Waals surface area contributed by atoms with Gasteiger partial charge in [-0.15, -0.1) is 0 Å². The van der Waals surface area contributed by atoms with Crippen molar-refractivity contribution in [3.05, 3.63) is 0 Å². The van der Waals surface area contributed by atoms with Crippen LogP contribution in [0.5, 0.6) is 0 Å². The largest absolute Gasteiger partial charge is 0.354 e. The highest BCUT2D eigenvalue weighted by atomic mass is 16.2. The van der Waals surface area contributed by atoms with Crippen LogP contribution in [-0.2, 0) is 4.79 Å². The second-order valence-electron chi connectivity index (χ2n) is 3.48. The highest BCUT2D eigenvalue weighted by Crippen LogP contribution is 2.16. The molecule has 0 aliphatic carbocycles. The van der Waals surface area contributed by atoms with E-state index in [1.807, 2.05) is 6.92 Å². The Hall–Kier alpha value is -0.995. The Balaban J connectivity index is 2.49. The number of hydrogen-bond acceptors (Lipinski definition) is 2. The number of likely N-dealkylation sites (tertiary alicyclic amines) is 1. The van der Waals surface area contributed by atoms with Gasteiger partial charge in [-0.1, -0.05) is 6.92 Å². The molecule has 1 rings (SSSR count). The zero-order valence-corrected chi connectivity index (χ0v) is 8.45. The summed E-state index contributed by atoms with van der Waals surface area (Å²) in [7, 11) is 5.16. The SMILES string of the molecule is [B]C(=O)N1CCCC1C(=O)NCCC. The predicted molar refractivity (Wildman–Crippen MR) is 54.2 cm³/mol. The summed E-state index contributed by atoms with van der Waals surface area (Å²) < 4.78 is 0. The molecule has 0 aromatic heterocycles. The number of carbonyl (C=O) groups excluding carboxylic acids is 2. The molecule has 0 aromatic carbocycles. The molecule has 2 amide bonds. The third-order valence-corrected chi connectivity index (χ3v) is 2.39. The molecule has 1 aliphatic heterocycles. The quantitative estimate of drug-likeness (QED) is 0.655. The van der Waals surface area contributed by atoms with Crippen LogP contribution in [0.15, 0.2) is 0 Å². The monoisotopic (exact) mass is 194 g/mol. The van der Waals surface area contributed by atoms with Crippen molar-refractivity contribution in [1.82, 2.24) is 10.2 Å². The van der Waals surface area contributed by atoms with Crippen LogP contribution in [0, 0.1) is 0 Å². The van der Waals surface area contributed by atoms with E-state index in [4.69, 9.17) is 7.85 Å². The number of nitrogens with zero attached hydrogens (tertiary/aromatic N) is 1. The summed E-state index contributed by atoms with van der Waals surface area (Å²) in [6.45, 7) is 3.24. The van der Waals surface area contributed by atoms with Gasteiger partial charge in [-0.2, -0.15) is 0 Å². The van der Waals surface area contributed by atoms with Crippen molar-refractivity contribution in [2.45, 2.75) is 32.2 Å². The Bertz CT molecular complexity index is 233. The Morgan fingerprint density at radius 1 is 1.57 bits per heavy atom. The summed E-state index contributed by atoms with van der Waals surface area (Å²) >= 11 is 0. The van der Waals surface area contributed by atoms with Gasteiger partial charge in [0.1, 0.15) is 6.04 Å². The molecule has 1 aliphatic rings. The summed E-state index contributed by atoms with van der Waals surface area (Å²) in [6, 6.07) is -0.348. The standard InChI is InChI=1S/C9H15BN2O2/c1-2-5-11-8(13)7-4-3-6-12(7)9(10)14/h7H,2-6H2,1H3,(H,11,13). The van der Waals surface area contributed by atoms with Gasteiger partial charge in [-0.3, -0.25) is 9.59 Å². The van der Waals surface area contributed by atoms with Gasteiger partial charge in [0.05, 0.1) is 0 Å². The first-order valence-corrected chi connectivity index (χ1v) is 5.00.